The van der Waals surface area contributed by atoms with Gasteiger partial charge in [-0.05, 0) is 30.2 Å². The van der Waals surface area contributed by atoms with E-state index in [9.17, 15) is 4.79 Å². The molecule has 0 saturated heterocycles. The SMILES string of the molecule is C[C@@H](Cl)C(=O)N[C@H](C)c1cccc2ccccc12. The first-order valence-electron chi connectivity index (χ1n) is 6.01. The zero-order chi connectivity index (χ0) is 13.1. The number of halogens is 1. The summed E-state index contributed by atoms with van der Waals surface area (Å²) in [5.74, 6) is -0.142. The van der Waals surface area contributed by atoms with Crippen LogP contribution in [0.5, 0.6) is 0 Å². The predicted octanol–water partition coefficient (Wildman–Crippen LogP) is 3.64. The Balaban J connectivity index is 2.33. The van der Waals surface area contributed by atoms with E-state index in [2.05, 4.69) is 23.5 Å². The zero-order valence-corrected chi connectivity index (χ0v) is 11.2. The summed E-state index contributed by atoms with van der Waals surface area (Å²) in [4.78, 5) is 11.6. The van der Waals surface area contributed by atoms with Gasteiger partial charge in [-0.15, -0.1) is 11.6 Å². The lowest BCUT2D eigenvalue weighted by Gasteiger charge is -2.17. The number of hydrogen-bond acceptors (Lipinski definition) is 1. The first kappa shape index (κ1) is 12.9. The van der Waals surface area contributed by atoms with Gasteiger partial charge in [0.15, 0.2) is 0 Å². The standard InChI is InChI=1S/C15H16ClNO/c1-10(16)15(18)17-11(2)13-9-5-7-12-6-3-4-8-14(12)13/h3-11H,1-2H3,(H,17,18)/t10-,11-/m1/s1. The van der Waals surface area contributed by atoms with Crippen molar-refractivity contribution in [2.24, 2.45) is 0 Å². The summed E-state index contributed by atoms with van der Waals surface area (Å²) in [5.41, 5.74) is 1.11. The van der Waals surface area contributed by atoms with E-state index in [0.29, 0.717) is 0 Å². The van der Waals surface area contributed by atoms with Crippen LogP contribution in [-0.4, -0.2) is 11.3 Å². The Morgan fingerprint density at radius 3 is 2.50 bits per heavy atom. The summed E-state index contributed by atoms with van der Waals surface area (Å²) in [5, 5.41) is 4.74. The van der Waals surface area contributed by atoms with Gasteiger partial charge >= 0.3 is 0 Å². The molecule has 0 fully saturated rings. The van der Waals surface area contributed by atoms with Gasteiger partial charge in [-0.25, -0.2) is 0 Å². The second-order valence-corrected chi connectivity index (χ2v) is 5.07. The third kappa shape index (κ3) is 2.65. The molecular formula is C15H16ClNO. The molecule has 0 saturated carbocycles. The van der Waals surface area contributed by atoms with Crippen LogP contribution in [0.2, 0.25) is 0 Å². The van der Waals surface area contributed by atoms with Crippen molar-refractivity contribution in [3.8, 4) is 0 Å². The van der Waals surface area contributed by atoms with Crippen molar-refractivity contribution in [1.82, 2.24) is 5.32 Å². The topological polar surface area (TPSA) is 29.1 Å². The lowest BCUT2D eigenvalue weighted by molar-refractivity contribution is -0.121. The molecular weight excluding hydrogens is 246 g/mol. The number of benzene rings is 2. The van der Waals surface area contributed by atoms with Crippen molar-refractivity contribution < 1.29 is 4.79 Å². The lowest BCUT2D eigenvalue weighted by Crippen LogP contribution is -2.32. The first-order valence-corrected chi connectivity index (χ1v) is 6.45. The molecule has 2 rings (SSSR count). The lowest BCUT2D eigenvalue weighted by atomic mass is 9.99. The van der Waals surface area contributed by atoms with Crippen LogP contribution < -0.4 is 5.32 Å². The Labute approximate surface area is 112 Å². The van der Waals surface area contributed by atoms with Gasteiger partial charge < -0.3 is 5.32 Å². The van der Waals surface area contributed by atoms with Gasteiger partial charge in [-0.2, -0.15) is 0 Å². The van der Waals surface area contributed by atoms with E-state index in [1.165, 1.54) is 5.39 Å². The van der Waals surface area contributed by atoms with E-state index >= 15 is 0 Å². The molecule has 94 valence electrons. The number of rotatable bonds is 3. The van der Waals surface area contributed by atoms with Crippen LogP contribution in [-0.2, 0) is 4.79 Å². The normalized spacial score (nSPS) is 14.2. The number of nitrogens with one attached hydrogen (secondary N) is 1. The number of carbonyl (C=O) groups excluding carboxylic acids is 1. The Morgan fingerprint density at radius 1 is 1.11 bits per heavy atom. The number of fused-ring (bicyclic) bond motifs is 1. The van der Waals surface area contributed by atoms with Crippen LogP contribution in [0.15, 0.2) is 42.5 Å². The zero-order valence-electron chi connectivity index (χ0n) is 10.5. The highest BCUT2D eigenvalue weighted by molar-refractivity contribution is 6.30. The van der Waals surface area contributed by atoms with Gasteiger partial charge in [0.2, 0.25) is 5.91 Å². The Hall–Kier alpha value is -1.54. The summed E-state index contributed by atoms with van der Waals surface area (Å²) in [6.45, 7) is 3.64. The molecule has 1 amide bonds. The number of carbonyl (C=O) groups is 1. The first-order chi connectivity index (χ1) is 8.59. The molecule has 18 heavy (non-hydrogen) atoms. The van der Waals surface area contributed by atoms with E-state index in [4.69, 9.17) is 11.6 Å². The molecule has 0 aromatic heterocycles. The molecule has 3 heteroatoms. The Kier molecular flexibility index (Phi) is 3.87. The second kappa shape index (κ2) is 5.40. The molecule has 0 aliphatic carbocycles. The van der Waals surface area contributed by atoms with Crippen molar-refractivity contribution in [3.05, 3.63) is 48.0 Å². The monoisotopic (exact) mass is 261 g/mol. The van der Waals surface area contributed by atoms with Gasteiger partial charge in [-0.1, -0.05) is 42.5 Å². The molecule has 2 nitrogen and oxygen atoms in total. The molecule has 2 atom stereocenters. The van der Waals surface area contributed by atoms with Crippen molar-refractivity contribution >= 4 is 28.3 Å². The van der Waals surface area contributed by atoms with Crippen molar-refractivity contribution in [1.29, 1.82) is 0 Å². The molecule has 0 aliphatic heterocycles. The average Bonchev–Trinajstić information content (AvgIpc) is 2.37. The second-order valence-electron chi connectivity index (χ2n) is 4.41. The average molecular weight is 262 g/mol. The van der Waals surface area contributed by atoms with Gasteiger partial charge in [-0.3, -0.25) is 4.79 Å². The predicted molar refractivity (Wildman–Crippen MR) is 75.8 cm³/mol. The van der Waals surface area contributed by atoms with Crippen molar-refractivity contribution in [3.63, 3.8) is 0 Å². The third-order valence-corrected chi connectivity index (χ3v) is 3.21. The molecule has 0 heterocycles. The maximum atomic E-state index is 11.6. The summed E-state index contributed by atoms with van der Waals surface area (Å²) in [6.07, 6.45) is 0. The highest BCUT2D eigenvalue weighted by Gasteiger charge is 2.15. The number of alkyl halides is 1. The Morgan fingerprint density at radius 2 is 1.78 bits per heavy atom. The highest BCUT2D eigenvalue weighted by Crippen LogP contribution is 2.24. The Bertz CT molecular complexity index is 560. The molecule has 2 aromatic rings. The van der Waals surface area contributed by atoms with E-state index in [1.807, 2.05) is 31.2 Å². The molecule has 1 N–H and O–H groups in total. The summed E-state index contributed by atoms with van der Waals surface area (Å²) >= 11 is 5.77. The molecule has 0 bridgehead atoms. The van der Waals surface area contributed by atoms with Gasteiger partial charge in [0.25, 0.3) is 0 Å². The van der Waals surface area contributed by atoms with Crippen LogP contribution in [0, 0.1) is 0 Å². The fraction of sp³-hybridized carbons (Fsp3) is 0.267. The minimum absolute atomic E-state index is 0.0511. The van der Waals surface area contributed by atoms with Gasteiger partial charge in [0, 0.05) is 0 Å². The number of amides is 1. The molecule has 0 aliphatic rings. The fourth-order valence-electron chi connectivity index (χ4n) is 2.03. The van der Waals surface area contributed by atoms with E-state index in [0.717, 1.165) is 10.9 Å². The third-order valence-electron chi connectivity index (χ3n) is 3.01. The minimum Gasteiger partial charge on any atom is -0.348 e. The van der Waals surface area contributed by atoms with Crippen LogP contribution in [0.1, 0.15) is 25.5 Å². The van der Waals surface area contributed by atoms with Crippen molar-refractivity contribution in [2.75, 3.05) is 0 Å². The van der Waals surface area contributed by atoms with E-state index in [1.54, 1.807) is 6.92 Å². The van der Waals surface area contributed by atoms with Crippen molar-refractivity contribution in [2.45, 2.75) is 25.3 Å². The molecule has 0 unspecified atom stereocenters. The smallest absolute Gasteiger partial charge is 0.238 e. The quantitative estimate of drug-likeness (QED) is 0.840. The van der Waals surface area contributed by atoms with Gasteiger partial charge in [0.1, 0.15) is 5.38 Å². The number of hydrogen-bond donors (Lipinski definition) is 1. The van der Waals surface area contributed by atoms with Crippen LogP contribution in [0.4, 0.5) is 0 Å². The fourth-order valence-corrected chi connectivity index (χ4v) is 2.10. The molecule has 2 aromatic carbocycles. The van der Waals surface area contributed by atoms with Crippen LogP contribution in [0.3, 0.4) is 0 Å². The maximum Gasteiger partial charge on any atom is 0.238 e. The van der Waals surface area contributed by atoms with Crippen LogP contribution in [0.25, 0.3) is 10.8 Å². The maximum absolute atomic E-state index is 11.6. The minimum atomic E-state index is -0.512. The summed E-state index contributed by atoms with van der Waals surface area (Å²) in [6, 6.07) is 14.2. The van der Waals surface area contributed by atoms with Gasteiger partial charge in [0.05, 0.1) is 6.04 Å². The van der Waals surface area contributed by atoms with E-state index < -0.39 is 5.38 Å². The molecule has 0 radical (unpaired) electrons. The van der Waals surface area contributed by atoms with E-state index in [-0.39, 0.29) is 11.9 Å². The highest BCUT2D eigenvalue weighted by atomic mass is 35.5. The largest absolute Gasteiger partial charge is 0.348 e. The summed E-state index contributed by atoms with van der Waals surface area (Å²) in [7, 11) is 0. The van der Waals surface area contributed by atoms with Crippen LogP contribution >= 0.6 is 11.6 Å². The summed E-state index contributed by atoms with van der Waals surface area (Å²) < 4.78 is 0. The molecule has 0 spiro atoms.